The molecular formula is C10H21N. The molecule has 0 aliphatic carbocycles. The highest BCUT2D eigenvalue weighted by Crippen LogP contribution is 2.01. The van der Waals surface area contributed by atoms with Crippen molar-refractivity contribution in [2.24, 2.45) is 11.7 Å². The quantitative estimate of drug-likeness (QED) is 0.607. The Morgan fingerprint density at radius 2 is 2.00 bits per heavy atom. The molecule has 0 amide bonds. The third-order valence-corrected chi connectivity index (χ3v) is 1.75. The molecule has 0 aliphatic heterocycles. The zero-order chi connectivity index (χ0) is 8.69. The molecule has 2 N–H and O–H groups in total. The maximum absolute atomic E-state index is 5.76. The number of rotatable bonds is 5. The van der Waals surface area contributed by atoms with Crippen molar-refractivity contribution in [3.05, 3.63) is 12.2 Å². The lowest BCUT2D eigenvalue weighted by atomic mass is 10.1. The van der Waals surface area contributed by atoms with Gasteiger partial charge in [-0.25, -0.2) is 0 Å². The Morgan fingerprint density at radius 3 is 2.45 bits per heavy atom. The molecule has 0 saturated carbocycles. The molecule has 0 aliphatic rings. The van der Waals surface area contributed by atoms with E-state index >= 15 is 0 Å². The van der Waals surface area contributed by atoms with E-state index in [0.717, 1.165) is 19.3 Å². The van der Waals surface area contributed by atoms with Gasteiger partial charge in [-0.2, -0.15) is 0 Å². The summed E-state index contributed by atoms with van der Waals surface area (Å²) in [5, 5.41) is 0. The van der Waals surface area contributed by atoms with Crippen LogP contribution in [-0.2, 0) is 0 Å². The second-order valence-electron chi connectivity index (χ2n) is 3.42. The van der Waals surface area contributed by atoms with Crippen LogP contribution in [0.2, 0.25) is 0 Å². The maximum Gasteiger partial charge on any atom is 0.00391 e. The molecule has 0 rings (SSSR count). The third-order valence-electron chi connectivity index (χ3n) is 1.75. The summed E-state index contributed by atoms with van der Waals surface area (Å²) in [6.45, 7) is 6.52. The van der Waals surface area contributed by atoms with Crippen molar-refractivity contribution in [3.8, 4) is 0 Å². The summed E-state index contributed by atoms with van der Waals surface area (Å²) < 4.78 is 0. The second-order valence-corrected chi connectivity index (χ2v) is 3.42. The standard InChI is InChI=1S/C10H21N/c1-4-10(11)8-6-5-7-9(2)3/h5,7,9-10H,4,6,8,11H2,1-3H3/b7-5+. The van der Waals surface area contributed by atoms with Crippen LogP contribution < -0.4 is 5.73 Å². The molecule has 0 aromatic rings. The van der Waals surface area contributed by atoms with Gasteiger partial charge in [0, 0.05) is 6.04 Å². The number of nitrogens with two attached hydrogens (primary N) is 1. The minimum atomic E-state index is 0.395. The molecule has 1 atom stereocenters. The van der Waals surface area contributed by atoms with E-state index in [1.807, 2.05) is 0 Å². The number of hydrogen-bond donors (Lipinski definition) is 1. The van der Waals surface area contributed by atoms with E-state index in [1.54, 1.807) is 0 Å². The van der Waals surface area contributed by atoms with Gasteiger partial charge < -0.3 is 5.73 Å². The summed E-state index contributed by atoms with van der Waals surface area (Å²) in [5.41, 5.74) is 5.76. The van der Waals surface area contributed by atoms with Gasteiger partial charge in [0.25, 0.3) is 0 Å². The summed E-state index contributed by atoms with van der Waals surface area (Å²) in [6, 6.07) is 0.395. The molecule has 0 aromatic heterocycles. The Balaban J connectivity index is 3.26. The average molecular weight is 155 g/mol. The Labute approximate surface area is 70.7 Å². The van der Waals surface area contributed by atoms with Crippen LogP contribution in [-0.4, -0.2) is 6.04 Å². The molecule has 0 aromatic carbocycles. The molecule has 1 heteroatoms. The average Bonchev–Trinajstić information content (AvgIpc) is 1.97. The first-order valence-electron chi connectivity index (χ1n) is 4.59. The first-order chi connectivity index (χ1) is 5.16. The molecule has 0 radical (unpaired) electrons. The first-order valence-corrected chi connectivity index (χ1v) is 4.59. The van der Waals surface area contributed by atoms with E-state index in [4.69, 9.17) is 5.73 Å². The van der Waals surface area contributed by atoms with E-state index in [-0.39, 0.29) is 0 Å². The minimum Gasteiger partial charge on any atom is -0.328 e. The van der Waals surface area contributed by atoms with Crippen LogP contribution in [0.5, 0.6) is 0 Å². The highest BCUT2D eigenvalue weighted by Gasteiger charge is 1.95. The van der Waals surface area contributed by atoms with Crippen LogP contribution in [0.15, 0.2) is 12.2 Å². The summed E-state index contributed by atoms with van der Waals surface area (Å²) in [7, 11) is 0. The van der Waals surface area contributed by atoms with Gasteiger partial charge in [0.2, 0.25) is 0 Å². The number of allylic oxidation sites excluding steroid dienone is 2. The van der Waals surface area contributed by atoms with Gasteiger partial charge in [-0.15, -0.1) is 0 Å². The SMILES string of the molecule is CCC(N)CC/C=C/C(C)C. The summed E-state index contributed by atoms with van der Waals surface area (Å²) in [6.07, 6.45) is 7.82. The zero-order valence-electron chi connectivity index (χ0n) is 8.01. The van der Waals surface area contributed by atoms with E-state index in [1.165, 1.54) is 0 Å². The van der Waals surface area contributed by atoms with Gasteiger partial charge in [0.15, 0.2) is 0 Å². The lowest BCUT2D eigenvalue weighted by molar-refractivity contribution is 0.601. The molecule has 0 heterocycles. The molecular weight excluding hydrogens is 134 g/mol. The van der Waals surface area contributed by atoms with Crippen molar-refractivity contribution in [2.45, 2.75) is 46.1 Å². The van der Waals surface area contributed by atoms with Crippen LogP contribution in [0.3, 0.4) is 0 Å². The fourth-order valence-corrected chi connectivity index (χ4v) is 0.883. The first kappa shape index (κ1) is 10.7. The highest BCUT2D eigenvalue weighted by molar-refractivity contribution is 4.85. The molecule has 0 saturated heterocycles. The van der Waals surface area contributed by atoms with Crippen molar-refractivity contribution < 1.29 is 0 Å². The van der Waals surface area contributed by atoms with Crippen molar-refractivity contribution in [3.63, 3.8) is 0 Å². The van der Waals surface area contributed by atoms with E-state index in [0.29, 0.717) is 12.0 Å². The predicted molar refractivity (Wildman–Crippen MR) is 51.5 cm³/mol. The Bertz CT molecular complexity index is 105. The van der Waals surface area contributed by atoms with Crippen LogP contribution in [0.1, 0.15) is 40.0 Å². The van der Waals surface area contributed by atoms with Crippen molar-refractivity contribution in [2.75, 3.05) is 0 Å². The largest absolute Gasteiger partial charge is 0.328 e. The topological polar surface area (TPSA) is 26.0 Å². The number of hydrogen-bond acceptors (Lipinski definition) is 1. The maximum atomic E-state index is 5.76. The normalized spacial score (nSPS) is 14.6. The van der Waals surface area contributed by atoms with Gasteiger partial charge in [0.1, 0.15) is 0 Å². The Morgan fingerprint density at radius 1 is 1.36 bits per heavy atom. The monoisotopic (exact) mass is 155 g/mol. The van der Waals surface area contributed by atoms with Gasteiger partial charge in [0.05, 0.1) is 0 Å². The summed E-state index contributed by atoms with van der Waals surface area (Å²) >= 11 is 0. The van der Waals surface area contributed by atoms with Crippen molar-refractivity contribution in [1.82, 2.24) is 0 Å². The summed E-state index contributed by atoms with van der Waals surface area (Å²) in [4.78, 5) is 0. The van der Waals surface area contributed by atoms with Crippen molar-refractivity contribution in [1.29, 1.82) is 0 Å². The van der Waals surface area contributed by atoms with Crippen LogP contribution in [0.4, 0.5) is 0 Å². The minimum absolute atomic E-state index is 0.395. The van der Waals surface area contributed by atoms with E-state index in [2.05, 4.69) is 32.9 Å². The molecule has 11 heavy (non-hydrogen) atoms. The Hall–Kier alpha value is -0.300. The Kier molecular flexibility index (Phi) is 6.24. The lowest BCUT2D eigenvalue weighted by Crippen LogP contribution is -2.17. The fraction of sp³-hybridized carbons (Fsp3) is 0.800. The fourth-order valence-electron chi connectivity index (χ4n) is 0.883. The molecule has 0 bridgehead atoms. The van der Waals surface area contributed by atoms with Crippen LogP contribution in [0.25, 0.3) is 0 Å². The van der Waals surface area contributed by atoms with Crippen LogP contribution in [0, 0.1) is 5.92 Å². The molecule has 1 nitrogen and oxygen atoms in total. The van der Waals surface area contributed by atoms with Gasteiger partial charge in [-0.3, -0.25) is 0 Å². The van der Waals surface area contributed by atoms with Gasteiger partial charge in [-0.1, -0.05) is 32.9 Å². The molecule has 0 spiro atoms. The van der Waals surface area contributed by atoms with Gasteiger partial charge >= 0.3 is 0 Å². The van der Waals surface area contributed by atoms with E-state index in [9.17, 15) is 0 Å². The summed E-state index contributed by atoms with van der Waals surface area (Å²) in [5.74, 6) is 0.674. The smallest absolute Gasteiger partial charge is 0.00391 e. The van der Waals surface area contributed by atoms with E-state index < -0.39 is 0 Å². The van der Waals surface area contributed by atoms with Gasteiger partial charge in [-0.05, 0) is 25.2 Å². The predicted octanol–water partition coefficient (Wildman–Crippen LogP) is 2.72. The van der Waals surface area contributed by atoms with Crippen molar-refractivity contribution >= 4 is 0 Å². The molecule has 66 valence electrons. The molecule has 1 unspecified atom stereocenters. The van der Waals surface area contributed by atoms with Crippen LogP contribution >= 0.6 is 0 Å². The zero-order valence-corrected chi connectivity index (χ0v) is 8.01. The molecule has 0 fully saturated rings. The lowest BCUT2D eigenvalue weighted by Gasteiger charge is -2.04. The highest BCUT2D eigenvalue weighted by atomic mass is 14.6. The second kappa shape index (κ2) is 6.41. The third kappa shape index (κ3) is 7.60.